The molecular formula is C22H34N4O5S. The van der Waals surface area contributed by atoms with Gasteiger partial charge in [0.05, 0.1) is 12.6 Å². The highest BCUT2D eigenvalue weighted by Gasteiger charge is 2.27. The van der Waals surface area contributed by atoms with Crippen molar-refractivity contribution in [2.24, 2.45) is 11.7 Å². The average Bonchev–Trinajstić information content (AvgIpc) is 2.78. The van der Waals surface area contributed by atoms with Gasteiger partial charge in [-0.15, -0.1) is 0 Å². The molecule has 4 atom stereocenters. The lowest BCUT2D eigenvalue weighted by atomic mass is 9.99. The highest BCUT2D eigenvalue weighted by Crippen LogP contribution is 2.08. The molecule has 0 aromatic heterocycles. The number of carboxylic acid groups (broad SMARTS) is 1. The van der Waals surface area contributed by atoms with E-state index in [1.807, 2.05) is 43.5 Å². The Morgan fingerprint density at radius 1 is 1.09 bits per heavy atom. The van der Waals surface area contributed by atoms with E-state index in [1.165, 1.54) is 11.8 Å². The normalized spacial score (nSPS) is 14.5. The maximum atomic E-state index is 12.6. The minimum atomic E-state index is -1.13. The number of rotatable bonds is 14. The van der Waals surface area contributed by atoms with Crippen molar-refractivity contribution in [2.75, 3.05) is 18.6 Å². The van der Waals surface area contributed by atoms with Gasteiger partial charge in [0, 0.05) is 0 Å². The topological polar surface area (TPSA) is 151 Å². The Labute approximate surface area is 193 Å². The number of aliphatic carboxylic acids is 1. The average molecular weight is 467 g/mol. The van der Waals surface area contributed by atoms with E-state index in [9.17, 15) is 24.3 Å². The van der Waals surface area contributed by atoms with E-state index in [2.05, 4.69) is 16.0 Å². The zero-order chi connectivity index (χ0) is 24.1. The Hall–Kier alpha value is -2.59. The SMILES string of the molecule is CCC(C)C(NC(=O)CNC(=O)C(CCSC)NC(=O)C(N)Cc1ccccc1)C(=O)O. The van der Waals surface area contributed by atoms with Gasteiger partial charge >= 0.3 is 5.97 Å². The molecule has 1 aromatic rings. The van der Waals surface area contributed by atoms with Gasteiger partial charge < -0.3 is 26.8 Å². The molecule has 0 fully saturated rings. The first-order chi connectivity index (χ1) is 15.2. The summed E-state index contributed by atoms with van der Waals surface area (Å²) >= 11 is 1.52. The Kier molecular flexibility index (Phi) is 12.4. The third kappa shape index (κ3) is 9.69. The summed E-state index contributed by atoms with van der Waals surface area (Å²) in [4.78, 5) is 48.6. The van der Waals surface area contributed by atoms with Crippen molar-refractivity contribution in [3.63, 3.8) is 0 Å². The predicted octanol–water partition coefficient (Wildman–Crippen LogP) is 0.526. The lowest BCUT2D eigenvalue weighted by molar-refractivity contribution is -0.143. The molecule has 0 aliphatic carbocycles. The summed E-state index contributed by atoms with van der Waals surface area (Å²) in [6, 6.07) is 6.61. The van der Waals surface area contributed by atoms with Crippen molar-refractivity contribution in [3.05, 3.63) is 35.9 Å². The minimum absolute atomic E-state index is 0.258. The van der Waals surface area contributed by atoms with Crippen LogP contribution in [-0.4, -0.2) is 65.5 Å². The standard InChI is InChI=1S/C22H34N4O5S/c1-4-14(2)19(22(30)31)26-18(27)13-24-21(29)17(10-11-32-3)25-20(28)16(23)12-15-8-6-5-7-9-15/h5-9,14,16-17,19H,4,10-13,23H2,1-3H3,(H,24,29)(H,25,28)(H,26,27)(H,30,31). The molecule has 0 saturated heterocycles. The fraction of sp³-hybridized carbons (Fsp3) is 0.545. The first kappa shape index (κ1) is 27.4. The Balaban J connectivity index is 2.65. The molecule has 10 heteroatoms. The van der Waals surface area contributed by atoms with Crippen LogP contribution in [0.25, 0.3) is 0 Å². The molecule has 0 spiro atoms. The van der Waals surface area contributed by atoms with Crippen LogP contribution in [0.1, 0.15) is 32.3 Å². The number of hydrogen-bond acceptors (Lipinski definition) is 6. The molecule has 0 saturated carbocycles. The number of nitrogens with two attached hydrogens (primary N) is 1. The van der Waals surface area contributed by atoms with Gasteiger partial charge in [0.15, 0.2) is 0 Å². The highest BCUT2D eigenvalue weighted by molar-refractivity contribution is 7.98. The first-order valence-corrected chi connectivity index (χ1v) is 12.0. The molecule has 0 bridgehead atoms. The number of nitrogens with one attached hydrogen (secondary N) is 3. The largest absolute Gasteiger partial charge is 0.480 e. The van der Waals surface area contributed by atoms with Crippen LogP contribution in [0.4, 0.5) is 0 Å². The van der Waals surface area contributed by atoms with Gasteiger partial charge in [-0.05, 0) is 36.3 Å². The first-order valence-electron chi connectivity index (χ1n) is 10.6. The summed E-state index contributed by atoms with van der Waals surface area (Å²) in [7, 11) is 0. The summed E-state index contributed by atoms with van der Waals surface area (Å²) in [5, 5.41) is 16.9. The second-order valence-corrected chi connectivity index (χ2v) is 8.61. The molecule has 4 unspecified atom stereocenters. The summed E-state index contributed by atoms with van der Waals surface area (Å²) in [6.45, 7) is 3.17. The molecule has 178 valence electrons. The van der Waals surface area contributed by atoms with Crippen LogP contribution in [0.2, 0.25) is 0 Å². The molecule has 3 amide bonds. The van der Waals surface area contributed by atoms with Crippen LogP contribution in [0.15, 0.2) is 30.3 Å². The van der Waals surface area contributed by atoms with Crippen LogP contribution in [0.3, 0.4) is 0 Å². The minimum Gasteiger partial charge on any atom is -0.480 e. The molecule has 0 heterocycles. The monoisotopic (exact) mass is 466 g/mol. The van der Waals surface area contributed by atoms with E-state index >= 15 is 0 Å². The number of hydrogen-bond donors (Lipinski definition) is 5. The van der Waals surface area contributed by atoms with E-state index in [1.54, 1.807) is 6.92 Å². The van der Waals surface area contributed by atoms with Crippen molar-refractivity contribution in [3.8, 4) is 0 Å². The van der Waals surface area contributed by atoms with Gasteiger partial charge in [0.2, 0.25) is 17.7 Å². The zero-order valence-electron chi connectivity index (χ0n) is 18.8. The summed E-state index contributed by atoms with van der Waals surface area (Å²) < 4.78 is 0. The van der Waals surface area contributed by atoms with Gasteiger partial charge in [-0.25, -0.2) is 4.79 Å². The second-order valence-electron chi connectivity index (χ2n) is 7.63. The lowest BCUT2D eigenvalue weighted by Gasteiger charge is -2.22. The van der Waals surface area contributed by atoms with Crippen molar-refractivity contribution in [1.82, 2.24) is 16.0 Å². The number of benzene rings is 1. The van der Waals surface area contributed by atoms with Crippen molar-refractivity contribution in [2.45, 2.75) is 51.2 Å². The summed E-state index contributed by atoms with van der Waals surface area (Å²) in [5.74, 6) is -2.36. The van der Waals surface area contributed by atoms with Crippen molar-refractivity contribution < 1.29 is 24.3 Å². The summed E-state index contributed by atoms with van der Waals surface area (Å²) in [5.41, 5.74) is 6.91. The predicted molar refractivity (Wildman–Crippen MR) is 125 cm³/mol. The molecule has 0 aliphatic heterocycles. The number of thioether (sulfide) groups is 1. The van der Waals surface area contributed by atoms with Crippen LogP contribution in [-0.2, 0) is 25.6 Å². The molecule has 1 aromatic carbocycles. The van der Waals surface area contributed by atoms with Crippen molar-refractivity contribution >= 4 is 35.5 Å². The zero-order valence-corrected chi connectivity index (χ0v) is 19.6. The molecular weight excluding hydrogens is 432 g/mol. The molecule has 6 N–H and O–H groups in total. The van der Waals surface area contributed by atoms with Crippen LogP contribution >= 0.6 is 11.8 Å². The fourth-order valence-electron chi connectivity index (χ4n) is 2.94. The molecule has 9 nitrogen and oxygen atoms in total. The highest BCUT2D eigenvalue weighted by atomic mass is 32.2. The molecule has 1 rings (SSSR count). The number of carbonyl (C=O) groups excluding carboxylic acids is 3. The van der Waals surface area contributed by atoms with E-state index in [0.717, 1.165) is 5.56 Å². The number of carbonyl (C=O) groups is 4. The third-order valence-electron chi connectivity index (χ3n) is 5.10. The second kappa shape index (κ2) is 14.5. The van der Waals surface area contributed by atoms with Gasteiger partial charge in [-0.1, -0.05) is 50.6 Å². The van der Waals surface area contributed by atoms with E-state index < -0.39 is 41.8 Å². The third-order valence-corrected chi connectivity index (χ3v) is 5.74. The van der Waals surface area contributed by atoms with Gasteiger partial charge in [-0.2, -0.15) is 11.8 Å². The smallest absolute Gasteiger partial charge is 0.326 e. The van der Waals surface area contributed by atoms with Crippen molar-refractivity contribution in [1.29, 1.82) is 0 Å². The van der Waals surface area contributed by atoms with E-state index in [-0.39, 0.29) is 12.5 Å². The van der Waals surface area contributed by atoms with Crippen LogP contribution in [0, 0.1) is 5.92 Å². The lowest BCUT2D eigenvalue weighted by Crippen LogP contribution is -2.54. The Morgan fingerprint density at radius 3 is 2.31 bits per heavy atom. The number of carboxylic acids is 1. The van der Waals surface area contributed by atoms with Crippen LogP contribution < -0.4 is 21.7 Å². The number of amides is 3. The Morgan fingerprint density at radius 2 is 1.75 bits per heavy atom. The quantitative estimate of drug-likeness (QED) is 0.268. The van der Waals surface area contributed by atoms with E-state index in [4.69, 9.17) is 5.73 Å². The van der Waals surface area contributed by atoms with E-state index in [0.29, 0.717) is 25.0 Å². The maximum absolute atomic E-state index is 12.6. The van der Waals surface area contributed by atoms with Crippen LogP contribution in [0.5, 0.6) is 0 Å². The van der Waals surface area contributed by atoms with Gasteiger partial charge in [0.1, 0.15) is 12.1 Å². The molecule has 0 radical (unpaired) electrons. The summed E-state index contributed by atoms with van der Waals surface area (Å²) in [6.07, 6.45) is 3.16. The Bertz CT molecular complexity index is 762. The molecule has 0 aliphatic rings. The maximum Gasteiger partial charge on any atom is 0.326 e. The fourth-order valence-corrected chi connectivity index (χ4v) is 3.41. The van der Waals surface area contributed by atoms with Gasteiger partial charge in [0.25, 0.3) is 0 Å². The van der Waals surface area contributed by atoms with Gasteiger partial charge in [-0.3, -0.25) is 14.4 Å². The molecule has 32 heavy (non-hydrogen) atoms.